The van der Waals surface area contributed by atoms with E-state index in [2.05, 4.69) is 5.32 Å². The Bertz CT molecular complexity index is 418. The Morgan fingerprint density at radius 3 is 3.00 bits per heavy atom. The highest BCUT2D eigenvalue weighted by Gasteiger charge is 2.31. The number of amides is 1. The Morgan fingerprint density at radius 2 is 2.29 bits per heavy atom. The van der Waals surface area contributed by atoms with Gasteiger partial charge in [-0.2, -0.15) is 0 Å². The van der Waals surface area contributed by atoms with Crippen molar-refractivity contribution in [1.82, 2.24) is 5.32 Å². The third-order valence-corrected chi connectivity index (χ3v) is 3.03. The number of aliphatic hydroxyl groups is 1. The molecule has 0 aromatic heterocycles. The van der Waals surface area contributed by atoms with Crippen molar-refractivity contribution in [3.63, 3.8) is 0 Å². The smallest absolute Gasteiger partial charge is 0.222 e. The molecule has 3 atom stereocenters. The second-order valence-electron chi connectivity index (χ2n) is 4.70. The van der Waals surface area contributed by atoms with Gasteiger partial charge in [0, 0.05) is 18.9 Å². The first kappa shape index (κ1) is 12.1. The van der Waals surface area contributed by atoms with Crippen molar-refractivity contribution in [3.8, 4) is 0 Å². The van der Waals surface area contributed by atoms with Crippen molar-refractivity contribution in [2.75, 3.05) is 0 Å². The number of hydrogen-bond acceptors (Lipinski definition) is 3. The van der Waals surface area contributed by atoms with Crippen LogP contribution in [0, 0.1) is 0 Å². The molecule has 1 unspecified atom stereocenters. The normalized spacial score (nSPS) is 24.2. The van der Waals surface area contributed by atoms with Gasteiger partial charge < -0.3 is 16.2 Å². The van der Waals surface area contributed by atoms with E-state index >= 15 is 0 Å². The molecule has 1 aliphatic rings. The molecule has 0 aliphatic heterocycles. The van der Waals surface area contributed by atoms with Gasteiger partial charge in [-0.3, -0.25) is 4.79 Å². The minimum absolute atomic E-state index is 0.110. The van der Waals surface area contributed by atoms with E-state index in [1.165, 1.54) is 0 Å². The highest BCUT2D eigenvalue weighted by Crippen LogP contribution is 2.31. The Labute approximate surface area is 101 Å². The van der Waals surface area contributed by atoms with Crippen LogP contribution in [0.25, 0.3) is 0 Å². The summed E-state index contributed by atoms with van der Waals surface area (Å²) >= 11 is 0. The Balaban J connectivity index is 2.09. The number of nitrogens with two attached hydrogens (primary N) is 1. The fraction of sp³-hybridized carbons (Fsp3) is 0.462. The van der Waals surface area contributed by atoms with Crippen LogP contribution in [0.2, 0.25) is 0 Å². The lowest BCUT2D eigenvalue weighted by Gasteiger charge is -2.18. The summed E-state index contributed by atoms with van der Waals surface area (Å²) in [7, 11) is 0. The molecule has 0 bridgehead atoms. The molecule has 0 saturated heterocycles. The molecule has 0 spiro atoms. The van der Waals surface area contributed by atoms with Crippen LogP contribution in [-0.4, -0.2) is 23.2 Å². The summed E-state index contributed by atoms with van der Waals surface area (Å²) in [5.74, 6) is -0.110. The van der Waals surface area contributed by atoms with Gasteiger partial charge in [-0.05, 0) is 18.1 Å². The quantitative estimate of drug-likeness (QED) is 0.713. The highest BCUT2D eigenvalue weighted by molar-refractivity contribution is 5.77. The Morgan fingerprint density at radius 1 is 1.59 bits per heavy atom. The zero-order chi connectivity index (χ0) is 12.4. The molecule has 4 nitrogen and oxygen atoms in total. The number of aliphatic hydroxyl groups excluding tert-OH is 1. The van der Waals surface area contributed by atoms with E-state index in [9.17, 15) is 9.90 Å². The van der Waals surface area contributed by atoms with E-state index in [1.54, 1.807) is 6.92 Å². The zero-order valence-corrected chi connectivity index (χ0v) is 9.89. The molecule has 2 rings (SSSR count). The van der Waals surface area contributed by atoms with E-state index in [0.717, 1.165) is 11.1 Å². The first-order valence-corrected chi connectivity index (χ1v) is 5.88. The molecule has 4 heteroatoms. The topological polar surface area (TPSA) is 75.4 Å². The first-order chi connectivity index (χ1) is 8.08. The van der Waals surface area contributed by atoms with Gasteiger partial charge in [-0.15, -0.1) is 0 Å². The van der Waals surface area contributed by atoms with Crippen LogP contribution in [0.15, 0.2) is 24.3 Å². The molecule has 1 aromatic rings. The van der Waals surface area contributed by atoms with Gasteiger partial charge in [-0.1, -0.05) is 24.3 Å². The minimum atomic E-state index is -0.538. The third-order valence-electron chi connectivity index (χ3n) is 3.03. The zero-order valence-electron chi connectivity index (χ0n) is 9.89. The van der Waals surface area contributed by atoms with Gasteiger partial charge in [0.05, 0.1) is 12.1 Å². The van der Waals surface area contributed by atoms with Crippen molar-refractivity contribution in [1.29, 1.82) is 0 Å². The van der Waals surface area contributed by atoms with Gasteiger partial charge >= 0.3 is 0 Å². The van der Waals surface area contributed by atoms with E-state index in [0.29, 0.717) is 6.42 Å². The lowest BCUT2D eigenvalue weighted by Crippen LogP contribution is -2.36. The van der Waals surface area contributed by atoms with E-state index in [-0.39, 0.29) is 24.4 Å². The predicted octanol–water partition coefficient (Wildman–Crippen LogP) is 0.498. The minimum Gasteiger partial charge on any atom is -0.390 e. The van der Waals surface area contributed by atoms with Crippen LogP contribution in [0.1, 0.15) is 30.5 Å². The summed E-state index contributed by atoms with van der Waals surface area (Å²) in [5, 5.41) is 12.8. The maximum absolute atomic E-state index is 11.7. The molecule has 1 aliphatic carbocycles. The molecule has 0 radical (unpaired) electrons. The largest absolute Gasteiger partial charge is 0.390 e. The van der Waals surface area contributed by atoms with Crippen molar-refractivity contribution in [2.24, 2.45) is 5.73 Å². The number of hydrogen-bond donors (Lipinski definition) is 3. The number of rotatable bonds is 3. The van der Waals surface area contributed by atoms with Crippen LogP contribution < -0.4 is 11.1 Å². The molecule has 17 heavy (non-hydrogen) atoms. The van der Waals surface area contributed by atoms with Crippen molar-refractivity contribution in [3.05, 3.63) is 35.4 Å². The molecule has 1 aromatic carbocycles. The molecule has 0 fully saturated rings. The standard InChI is InChI=1S/C13H18N2O2/c1-8(14)6-12(17)15-13-10-5-3-2-4-9(10)7-11(13)16/h2-5,8,11,13,16H,6-7,14H2,1H3,(H,15,17)/t8?,11-,13+/m1/s1. The molecule has 0 saturated carbocycles. The van der Waals surface area contributed by atoms with E-state index in [4.69, 9.17) is 5.73 Å². The average molecular weight is 234 g/mol. The maximum Gasteiger partial charge on any atom is 0.222 e. The second kappa shape index (κ2) is 4.85. The lowest BCUT2D eigenvalue weighted by atomic mass is 10.1. The summed E-state index contributed by atoms with van der Waals surface area (Å²) < 4.78 is 0. The predicted molar refractivity (Wildman–Crippen MR) is 65.3 cm³/mol. The molecule has 0 heterocycles. The van der Waals surface area contributed by atoms with Gasteiger partial charge in [0.25, 0.3) is 0 Å². The summed E-state index contributed by atoms with van der Waals surface area (Å²) in [6, 6.07) is 7.33. The van der Waals surface area contributed by atoms with Crippen LogP contribution in [0.4, 0.5) is 0 Å². The fourth-order valence-corrected chi connectivity index (χ4v) is 2.27. The number of nitrogens with one attached hydrogen (secondary N) is 1. The Kier molecular flexibility index (Phi) is 3.45. The summed E-state index contributed by atoms with van der Waals surface area (Å²) in [5.41, 5.74) is 7.69. The van der Waals surface area contributed by atoms with Crippen LogP contribution in [-0.2, 0) is 11.2 Å². The van der Waals surface area contributed by atoms with Gasteiger partial charge in [0.15, 0.2) is 0 Å². The van der Waals surface area contributed by atoms with Gasteiger partial charge in [0.2, 0.25) is 5.91 Å². The van der Waals surface area contributed by atoms with Gasteiger partial charge in [-0.25, -0.2) is 0 Å². The highest BCUT2D eigenvalue weighted by atomic mass is 16.3. The molecular formula is C13H18N2O2. The van der Waals surface area contributed by atoms with Crippen molar-refractivity contribution >= 4 is 5.91 Å². The van der Waals surface area contributed by atoms with Crippen LogP contribution in [0.3, 0.4) is 0 Å². The summed E-state index contributed by atoms with van der Waals surface area (Å²) in [4.78, 5) is 11.7. The van der Waals surface area contributed by atoms with Crippen molar-refractivity contribution < 1.29 is 9.90 Å². The fourth-order valence-electron chi connectivity index (χ4n) is 2.27. The second-order valence-corrected chi connectivity index (χ2v) is 4.70. The first-order valence-electron chi connectivity index (χ1n) is 5.88. The number of fused-ring (bicyclic) bond motifs is 1. The molecule has 4 N–H and O–H groups in total. The van der Waals surface area contributed by atoms with Gasteiger partial charge in [0.1, 0.15) is 0 Å². The number of benzene rings is 1. The average Bonchev–Trinajstić information content (AvgIpc) is 2.55. The monoisotopic (exact) mass is 234 g/mol. The van der Waals surface area contributed by atoms with Crippen molar-refractivity contribution in [2.45, 2.75) is 38.0 Å². The maximum atomic E-state index is 11.7. The summed E-state index contributed by atoms with van der Waals surface area (Å²) in [6.07, 6.45) is 0.342. The lowest BCUT2D eigenvalue weighted by molar-refractivity contribution is -0.122. The summed E-state index contributed by atoms with van der Waals surface area (Å²) in [6.45, 7) is 1.79. The van der Waals surface area contributed by atoms with E-state index in [1.807, 2.05) is 24.3 Å². The third kappa shape index (κ3) is 2.65. The molecular weight excluding hydrogens is 216 g/mol. The Hall–Kier alpha value is -1.39. The molecule has 1 amide bonds. The molecule has 92 valence electrons. The van der Waals surface area contributed by atoms with Crippen LogP contribution in [0.5, 0.6) is 0 Å². The van der Waals surface area contributed by atoms with E-state index < -0.39 is 6.10 Å². The number of carbonyl (C=O) groups excluding carboxylic acids is 1. The SMILES string of the molecule is CC(N)CC(=O)N[C@H]1c2ccccc2C[C@H]1O. The number of carbonyl (C=O) groups is 1. The van der Waals surface area contributed by atoms with Crippen LogP contribution >= 0.6 is 0 Å².